The molecule has 1 aromatic rings. The van der Waals surface area contributed by atoms with Gasteiger partial charge in [-0.1, -0.05) is 6.07 Å². The van der Waals surface area contributed by atoms with Crippen LogP contribution in [0.25, 0.3) is 0 Å². The maximum Gasteiger partial charge on any atom is 0.410 e. The smallest absolute Gasteiger partial charge is 0.410 e. The third-order valence-electron chi connectivity index (χ3n) is 3.25. The average Bonchev–Trinajstić information content (AvgIpc) is 3.04. The monoisotopic (exact) mass is 310 g/mol. The molecule has 0 bridgehead atoms. The summed E-state index contributed by atoms with van der Waals surface area (Å²) in [5.74, 6) is -0.0824. The van der Waals surface area contributed by atoms with E-state index >= 15 is 0 Å². The number of carbonyl (C=O) groups is 2. The fourth-order valence-electron chi connectivity index (χ4n) is 2.31. The largest absolute Gasteiger partial charge is 0.444 e. The Bertz CT molecular complexity index is 494. The summed E-state index contributed by atoms with van der Waals surface area (Å²) in [6.07, 6.45) is 1.54. The van der Waals surface area contributed by atoms with Crippen molar-refractivity contribution in [3.63, 3.8) is 0 Å². The van der Waals surface area contributed by atoms with Crippen molar-refractivity contribution >= 4 is 23.3 Å². The molecule has 1 aliphatic rings. The first-order chi connectivity index (χ1) is 9.87. The SMILES string of the molecule is CC(C)(C)OC(=O)N1CCCC1CNC(=O)c1cccs1. The highest BCUT2D eigenvalue weighted by Crippen LogP contribution is 2.20. The first-order valence-electron chi connectivity index (χ1n) is 7.18. The van der Waals surface area contributed by atoms with E-state index in [1.54, 1.807) is 11.0 Å². The minimum atomic E-state index is -0.496. The second kappa shape index (κ2) is 6.47. The quantitative estimate of drug-likeness (QED) is 0.934. The van der Waals surface area contributed by atoms with Gasteiger partial charge in [0.1, 0.15) is 5.60 Å². The molecule has 1 unspecified atom stereocenters. The van der Waals surface area contributed by atoms with Gasteiger partial charge in [0, 0.05) is 13.1 Å². The van der Waals surface area contributed by atoms with Gasteiger partial charge in [0.05, 0.1) is 10.9 Å². The van der Waals surface area contributed by atoms with E-state index in [1.807, 2.05) is 32.2 Å². The van der Waals surface area contributed by atoms with Gasteiger partial charge in [-0.25, -0.2) is 4.79 Å². The number of rotatable bonds is 3. The van der Waals surface area contributed by atoms with Crippen molar-refractivity contribution in [2.75, 3.05) is 13.1 Å². The third kappa shape index (κ3) is 4.46. The molecule has 0 spiro atoms. The fourth-order valence-corrected chi connectivity index (χ4v) is 2.95. The first kappa shape index (κ1) is 15.8. The van der Waals surface area contributed by atoms with E-state index in [0.717, 1.165) is 12.8 Å². The minimum absolute atomic E-state index is 0.0174. The van der Waals surface area contributed by atoms with Crippen LogP contribution in [-0.4, -0.2) is 41.6 Å². The van der Waals surface area contributed by atoms with Crippen LogP contribution in [-0.2, 0) is 4.74 Å². The second-order valence-corrected chi connectivity index (χ2v) is 7.10. The Morgan fingerprint density at radius 3 is 2.86 bits per heavy atom. The molecule has 6 heteroatoms. The molecule has 21 heavy (non-hydrogen) atoms. The van der Waals surface area contributed by atoms with Gasteiger partial charge in [0.2, 0.25) is 0 Å². The molecule has 1 atom stereocenters. The minimum Gasteiger partial charge on any atom is -0.444 e. The van der Waals surface area contributed by atoms with Crippen molar-refractivity contribution < 1.29 is 14.3 Å². The van der Waals surface area contributed by atoms with Crippen LogP contribution in [0.2, 0.25) is 0 Å². The van der Waals surface area contributed by atoms with Crippen LogP contribution in [0.1, 0.15) is 43.3 Å². The van der Waals surface area contributed by atoms with E-state index in [1.165, 1.54) is 11.3 Å². The van der Waals surface area contributed by atoms with Crippen molar-refractivity contribution in [3.8, 4) is 0 Å². The van der Waals surface area contributed by atoms with Crippen LogP contribution >= 0.6 is 11.3 Å². The second-order valence-electron chi connectivity index (χ2n) is 6.16. The van der Waals surface area contributed by atoms with Gasteiger partial charge in [-0.2, -0.15) is 0 Å². The Kier molecular flexibility index (Phi) is 4.88. The maximum atomic E-state index is 12.1. The number of carbonyl (C=O) groups excluding carboxylic acids is 2. The molecule has 1 fully saturated rings. The number of nitrogens with one attached hydrogen (secondary N) is 1. The van der Waals surface area contributed by atoms with Gasteiger partial charge in [0.15, 0.2) is 0 Å². The summed E-state index contributed by atoms with van der Waals surface area (Å²) in [5.41, 5.74) is -0.496. The summed E-state index contributed by atoms with van der Waals surface area (Å²) in [7, 11) is 0. The van der Waals surface area contributed by atoms with E-state index in [4.69, 9.17) is 4.74 Å². The zero-order chi connectivity index (χ0) is 15.5. The van der Waals surface area contributed by atoms with Crippen molar-refractivity contribution in [3.05, 3.63) is 22.4 Å². The third-order valence-corrected chi connectivity index (χ3v) is 4.12. The summed E-state index contributed by atoms with van der Waals surface area (Å²) in [6.45, 7) is 6.72. The zero-order valence-corrected chi connectivity index (χ0v) is 13.5. The molecule has 2 amide bonds. The number of hydrogen-bond donors (Lipinski definition) is 1. The standard InChI is InChI=1S/C15H22N2O3S/c1-15(2,3)20-14(19)17-8-4-6-11(17)10-16-13(18)12-7-5-9-21-12/h5,7,9,11H,4,6,8,10H2,1-3H3,(H,16,18). The molecule has 1 saturated heterocycles. The Hall–Kier alpha value is -1.56. The highest BCUT2D eigenvalue weighted by molar-refractivity contribution is 7.12. The van der Waals surface area contributed by atoms with E-state index < -0.39 is 5.60 Å². The molecule has 2 rings (SSSR count). The van der Waals surface area contributed by atoms with E-state index in [2.05, 4.69) is 5.32 Å². The van der Waals surface area contributed by atoms with Crippen LogP contribution in [0, 0.1) is 0 Å². The van der Waals surface area contributed by atoms with Crippen molar-refractivity contribution in [1.29, 1.82) is 0 Å². The molecule has 0 aromatic carbocycles. The maximum absolute atomic E-state index is 12.1. The van der Waals surface area contributed by atoms with Crippen molar-refractivity contribution in [2.24, 2.45) is 0 Å². The molecule has 0 saturated carbocycles. The highest BCUT2D eigenvalue weighted by atomic mass is 32.1. The lowest BCUT2D eigenvalue weighted by Gasteiger charge is -2.28. The van der Waals surface area contributed by atoms with Crippen molar-refractivity contribution in [2.45, 2.75) is 45.3 Å². The van der Waals surface area contributed by atoms with Crippen LogP contribution in [0.3, 0.4) is 0 Å². The molecule has 2 heterocycles. The normalized spacial score (nSPS) is 18.6. The van der Waals surface area contributed by atoms with Gasteiger partial charge in [-0.05, 0) is 45.1 Å². The van der Waals surface area contributed by atoms with Gasteiger partial charge < -0.3 is 15.0 Å². The topological polar surface area (TPSA) is 58.6 Å². The molecule has 116 valence electrons. The number of likely N-dealkylation sites (tertiary alicyclic amines) is 1. The van der Waals surface area contributed by atoms with Crippen LogP contribution in [0.5, 0.6) is 0 Å². The molecule has 1 N–H and O–H groups in total. The number of amides is 2. The van der Waals surface area contributed by atoms with E-state index in [-0.39, 0.29) is 18.0 Å². The van der Waals surface area contributed by atoms with E-state index in [0.29, 0.717) is 18.0 Å². The first-order valence-corrected chi connectivity index (χ1v) is 8.06. The zero-order valence-electron chi connectivity index (χ0n) is 12.7. The van der Waals surface area contributed by atoms with Gasteiger partial charge in [-0.15, -0.1) is 11.3 Å². The summed E-state index contributed by atoms with van der Waals surface area (Å²) in [5, 5.41) is 4.77. The van der Waals surface area contributed by atoms with Crippen LogP contribution in [0.15, 0.2) is 17.5 Å². The summed E-state index contributed by atoms with van der Waals surface area (Å²) in [6, 6.07) is 3.66. The number of thiophene rings is 1. The summed E-state index contributed by atoms with van der Waals surface area (Å²) in [4.78, 5) is 26.5. The predicted molar refractivity (Wildman–Crippen MR) is 82.6 cm³/mol. The fraction of sp³-hybridized carbons (Fsp3) is 0.600. The van der Waals surface area contributed by atoms with Crippen LogP contribution in [0.4, 0.5) is 4.79 Å². The van der Waals surface area contributed by atoms with Crippen molar-refractivity contribution in [1.82, 2.24) is 10.2 Å². The molecule has 0 radical (unpaired) electrons. The molecular formula is C15H22N2O3S. The van der Waals surface area contributed by atoms with E-state index in [9.17, 15) is 9.59 Å². The Labute approximate surface area is 129 Å². The molecule has 0 aliphatic carbocycles. The summed E-state index contributed by atoms with van der Waals surface area (Å²) >= 11 is 1.41. The Balaban J connectivity index is 1.87. The van der Waals surface area contributed by atoms with Crippen LogP contribution < -0.4 is 5.32 Å². The predicted octanol–water partition coefficient (Wildman–Crippen LogP) is 2.88. The van der Waals surface area contributed by atoms with Gasteiger partial charge in [0.25, 0.3) is 5.91 Å². The number of hydrogen-bond acceptors (Lipinski definition) is 4. The molecule has 1 aliphatic heterocycles. The lowest BCUT2D eigenvalue weighted by molar-refractivity contribution is 0.0225. The molecule has 5 nitrogen and oxygen atoms in total. The number of nitrogens with zero attached hydrogens (tertiary/aromatic N) is 1. The summed E-state index contributed by atoms with van der Waals surface area (Å²) < 4.78 is 5.41. The Morgan fingerprint density at radius 1 is 1.48 bits per heavy atom. The lowest BCUT2D eigenvalue weighted by Crippen LogP contribution is -2.45. The van der Waals surface area contributed by atoms with Gasteiger partial charge >= 0.3 is 6.09 Å². The molecular weight excluding hydrogens is 288 g/mol. The van der Waals surface area contributed by atoms with Gasteiger partial charge in [-0.3, -0.25) is 4.79 Å². The average molecular weight is 310 g/mol. The Morgan fingerprint density at radius 2 is 2.24 bits per heavy atom. The molecule has 1 aromatic heterocycles. The lowest BCUT2D eigenvalue weighted by atomic mass is 10.2. The highest BCUT2D eigenvalue weighted by Gasteiger charge is 2.32. The number of ether oxygens (including phenoxy) is 1.